The maximum absolute atomic E-state index is 12.0. The van der Waals surface area contributed by atoms with Crippen LogP contribution in [0.2, 0.25) is 0 Å². The van der Waals surface area contributed by atoms with E-state index in [1.807, 2.05) is 0 Å². The van der Waals surface area contributed by atoms with Gasteiger partial charge in [-0.1, -0.05) is 0 Å². The van der Waals surface area contributed by atoms with Crippen molar-refractivity contribution in [1.29, 1.82) is 0 Å². The minimum Gasteiger partial charge on any atom is -0.495 e. The minimum atomic E-state index is -0.418. The highest BCUT2D eigenvalue weighted by Gasteiger charge is 2.20. The standard InChI is InChI=1S/C11H15NO4S/c1-4-16-9(13)7-12(2)11(14)10-8(15-3)5-6-17-10/h5-6H,4,7H2,1-3H3. The number of rotatable bonds is 5. The van der Waals surface area contributed by atoms with E-state index < -0.39 is 5.97 Å². The average Bonchev–Trinajstić information content (AvgIpc) is 2.76. The number of esters is 1. The van der Waals surface area contributed by atoms with Crippen LogP contribution in [0.3, 0.4) is 0 Å². The van der Waals surface area contributed by atoms with Gasteiger partial charge in [0.25, 0.3) is 5.91 Å². The molecule has 1 rings (SSSR count). The van der Waals surface area contributed by atoms with Crippen LogP contribution in [0.25, 0.3) is 0 Å². The van der Waals surface area contributed by atoms with Crippen LogP contribution >= 0.6 is 11.3 Å². The first-order valence-electron chi connectivity index (χ1n) is 5.12. The number of hydrogen-bond acceptors (Lipinski definition) is 5. The van der Waals surface area contributed by atoms with Gasteiger partial charge in [0.15, 0.2) is 0 Å². The van der Waals surface area contributed by atoms with Crippen molar-refractivity contribution in [2.24, 2.45) is 0 Å². The fourth-order valence-corrected chi connectivity index (χ4v) is 2.11. The zero-order valence-electron chi connectivity index (χ0n) is 10.1. The van der Waals surface area contributed by atoms with Crippen LogP contribution in [0.15, 0.2) is 11.4 Å². The highest BCUT2D eigenvalue weighted by Crippen LogP contribution is 2.25. The molecule has 0 aliphatic carbocycles. The molecule has 0 spiro atoms. The Morgan fingerprint density at radius 2 is 2.18 bits per heavy atom. The summed E-state index contributed by atoms with van der Waals surface area (Å²) < 4.78 is 9.83. The summed E-state index contributed by atoms with van der Waals surface area (Å²) in [5.74, 6) is -0.139. The Morgan fingerprint density at radius 1 is 1.47 bits per heavy atom. The predicted molar refractivity (Wildman–Crippen MR) is 64.5 cm³/mol. The van der Waals surface area contributed by atoms with Gasteiger partial charge < -0.3 is 14.4 Å². The van der Waals surface area contributed by atoms with Crippen LogP contribution in [-0.2, 0) is 9.53 Å². The van der Waals surface area contributed by atoms with Crippen LogP contribution in [0.4, 0.5) is 0 Å². The number of hydrogen-bond donors (Lipinski definition) is 0. The third-order valence-corrected chi connectivity index (χ3v) is 2.95. The van der Waals surface area contributed by atoms with E-state index in [9.17, 15) is 9.59 Å². The lowest BCUT2D eigenvalue weighted by atomic mass is 10.3. The van der Waals surface area contributed by atoms with E-state index in [4.69, 9.17) is 9.47 Å². The number of carbonyl (C=O) groups is 2. The summed E-state index contributed by atoms with van der Waals surface area (Å²) in [6.07, 6.45) is 0. The summed E-state index contributed by atoms with van der Waals surface area (Å²) in [5.41, 5.74) is 0. The van der Waals surface area contributed by atoms with Crippen molar-refractivity contribution in [3.05, 3.63) is 16.3 Å². The molecule has 1 aromatic heterocycles. The molecule has 0 atom stereocenters. The smallest absolute Gasteiger partial charge is 0.325 e. The van der Waals surface area contributed by atoms with E-state index in [-0.39, 0.29) is 12.5 Å². The largest absolute Gasteiger partial charge is 0.495 e. The number of ether oxygens (including phenoxy) is 2. The zero-order chi connectivity index (χ0) is 12.8. The topological polar surface area (TPSA) is 55.8 Å². The highest BCUT2D eigenvalue weighted by atomic mass is 32.1. The maximum atomic E-state index is 12.0. The second-order valence-corrected chi connectivity index (χ2v) is 4.20. The quantitative estimate of drug-likeness (QED) is 0.748. The van der Waals surface area contributed by atoms with Crippen molar-refractivity contribution in [3.63, 3.8) is 0 Å². The Morgan fingerprint density at radius 3 is 2.76 bits per heavy atom. The van der Waals surface area contributed by atoms with Gasteiger partial charge in [0.05, 0.1) is 13.7 Å². The van der Waals surface area contributed by atoms with Crippen LogP contribution in [-0.4, -0.2) is 44.1 Å². The van der Waals surface area contributed by atoms with Crippen molar-refractivity contribution >= 4 is 23.2 Å². The first-order valence-corrected chi connectivity index (χ1v) is 6.00. The molecule has 1 aromatic rings. The summed E-state index contributed by atoms with van der Waals surface area (Å²) in [4.78, 5) is 25.0. The second kappa shape index (κ2) is 6.24. The SMILES string of the molecule is CCOC(=O)CN(C)C(=O)c1sccc1OC. The van der Waals surface area contributed by atoms with Gasteiger partial charge >= 0.3 is 5.97 Å². The molecule has 0 saturated heterocycles. The van der Waals surface area contributed by atoms with E-state index in [0.29, 0.717) is 17.2 Å². The molecule has 0 radical (unpaired) electrons. The van der Waals surface area contributed by atoms with Crippen molar-refractivity contribution in [3.8, 4) is 5.75 Å². The Bertz CT molecular complexity index is 402. The molecule has 0 aliphatic heterocycles. The molecule has 0 bridgehead atoms. The fraction of sp³-hybridized carbons (Fsp3) is 0.455. The molecule has 0 aromatic carbocycles. The van der Waals surface area contributed by atoms with Gasteiger partial charge in [0, 0.05) is 7.05 Å². The van der Waals surface area contributed by atoms with E-state index >= 15 is 0 Å². The Kier molecular flexibility index (Phi) is 4.96. The summed E-state index contributed by atoms with van der Waals surface area (Å²) in [7, 11) is 3.06. The number of nitrogens with zero attached hydrogens (tertiary/aromatic N) is 1. The molecule has 5 nitrogen and oxygen atoms in total. The van der Waals surface area contributed by atoms with Crippen LogP contribution in [0.1, 0.15) is 16.6 Å². The lowest BCUT2D eigenvalue weighted by Crippen LogP contribution is -2.32. The predicted octanol–water partition coefficient (Wildman–Crippen LogP) is 1.39. The van der Waals surface area contributed by atoms with Gasteiger partial charge in [-0.15, -0.1) is 11.3 Å². The van der Waals surface area contributed by atoms with Gasteiger partial charge in [-0.05, 0) is 18.4 Å². The number of methoxy groups -OCH3 is 1. The third-order valence-electron chi connectivity index (χ3n) is 2.06. The number of amides is 1. The van der Waals surface area contributed by atoms with E-state index in [1.54, 1.807) is 25.4 Å². The normalized spacial score (nSPS) is 9.82. The molecule has 1 heterocycles. The van der Waals surface area contributed by atoms with Gasteiger partial charge in [0.2, 0.25) is 0 Å². The van der Waals surface area contributed by atoms with Gasteiger partial charge in [-0.2, -0.15) is 0 Å². The molecule has 6 heteroatoms. The van der Waals surface area contributed by atoms with E-state index in [2.05, 4.69) is 0 Å². The molecular formula is C11H15NO4S. The molecule has 0 fully saturated rings. The van der Waals surface area contributed by atoms with Gasteiger partial charge in [-0.3, -0.25) is 9.59 Å². The molecule has 0 saturated carbocycles. The van der Waals surface area contributed by atoms with Crippen molar-refractivity contribution in [1.82, 2.24) is 4.90 Å². The second-order valence-electron chi connectivity index (χ2n) is 3.28. The molecule has 0 aliphatic rings. The van der Waals surface area contributed by atoms with Crippen LogP contribution in [0.5, 0.6) is 5.75 Å². The summed E-state index contributed by atoms with van der Waals surface area (Å²) in [5, 5.41) is 1.77. The Hall–Kier alpha value is -1.56. The first kappa shape index (κ1) is 13.5. The molecule has 94 valence electrons. The van der Waals surface area contributed by atoms with Crippen molar-refractivity contribution < 1.29 is 19.1 Å². The van der Waals surface area contributed by atoms with Crippen molar-refractivity contribution in [2.45, 2.75) is 6.92 Å². The molecular weight excluding hydrogens is 242 g/mol. The Balaban J connectivity index is 2.67. The number of carbonyl (C=O) groups excluding carboxylic acids is 2. The first-order chi connectivity index (χ1) is 8.10. The molecule has 0 unspecified atom stereocenters. The summed E-state index contributed by atoms with van der Waals surface area (Å²) >= 11 is 1.28. The highest BCUT2D eigenvalue weighted by molar-refractivity contribution is 7.12. The van der Waals surface area contributed by atoms with E-state index in [0.717, 1.165) is 0 Å². The molecule has 0 N–H and O–H groups in total. The zero-order valence-corrected chi connectivity index (χ0v) is 10.9. The fourth-order valence-electron chi connectivity index (χ4n) is 1.26. The number of thiophene rings is 1. The van der Waals surface area contributed by atoms with Crippen molar-refractivity contribution in [2.75, 3.05) is 27.3 Å². The van der Waals surface area contributed by atoms with Crippen LogP contribution < -0.4 is 4.74 Å². The lowest BCUT2D eigenvalue weighted by molar-refractivity contribution is -0.143. The van der Waals surface area contributed by atoms with Gasteiger partial charge in [0.1, 0.15) is 17.2 Å². The van der Waals surface area contributed by atoms with Gasteiger partial charge in [-0.25, -0.2) is 0 Å². The van der Waals surface area contributed by atoms with Crippen LogP contribution in [0, 0.1) is 0 Å². The lowest BCUT2D eigenvalue weighted by Gasteiger charge is -2.15. The average molecular weight is 257 g/mol. The summed E-state index contributed by atoms with van der Waals surface area (Å²) in [6, 6.07) is 1.72. The number of likely N-dealkylation sites (N-methyl/N-ethyl adjacent to an activating group) is 1. The van der Waals surface area contributed by atoms with E-state index in [1.165, 1.54) is 23.3 Å². The Labute approximate surface area is 104 Å². The molecule has 17 heavy (non-hydrogen) atoms. The summed E-state index contributed by atoms with van der Waals surface area (Å²) in [6.45, 7) is 1.97. The molecule has 1 amide bonds. The minimum absolute atomic E-state index is 0.0618. The third kappa shape index (κ3) is 3.45. The monoisotopic (exact) mass is 257 g/mol. The maximum Gasteiger partial charge on any atom is 0.325 e.